The smallest absolute Gasteiger partial charge is 0.328 e. The van der Waals surface area contributed by atoms with Gasteiger partial charge in [-0.3, -0.25) is 9.59 Å². The SMILES string of the molecule is CC(=O)Oc1ccc(/C=C/C(=O)O)cc1OC(C)=O. The molecule has 1 aromatic carbocycles. The number of esters is 2. The summed E-state index contributed by atoms with van der Waals surface area (Å²) in [5, 5.41) is 8.52. The molecule has 0 aliphatic rings. The Hall–Kier alpha value is -2.63. The first-order chi connectivity index (χ1) is 8.88. The van der Waals surface area contributed by atoms with Crippen LogP contribution in [0, 0.1) is 0 Å². The van der Waals surface area contributed by atoms with Crippen molar-refractivity contribution in [2.75, 3.05) is 0 Å². The molecule has 0 aliphatic carbocycles. The maximum atomic E-state index is 11.0. The van der Waals surface area contributed by atoms with Crippen LogP contribution >= 0.6 is 0 Å². The zero-order valence-corrected chi connectivity index (χ0v) is 10.4. The molecule has 0 heterocycles. The number of ether oxygens (including phenoxy) is 2. The zero-order valence-electron chi connectivity index (χ0n) is 10.4. The zero-order chi connectivity index (χ0) is 14.4. The van der Waals surface area contributed by atoms with Gasteiger partial charge in [-0.05, 0) is 23.8 Å². The van der Waals surface area contributed by atoms with Crippen molar-refractivity contribution in [3.63, 3.8) is 0 Å². The van der Waals surface area contributed by atoms with Crippen LogP contribution in [-0.4, -0.2) is 23.0 Å². The lowest BCUT2D eigenvalue weighted by Crippen LogP contribution is -2.07. The summed E-state index contributed by atoms with van der Waals surface area (Å²) in [6, 6.07) is 4.35. The predicted octanol–water partition coefficient (Wildman–Crippen LogP) is 1.64. The second kappa shape index (κ2) is 6.34. The summed E-state index contributed by atoms with van der Waals surface area (Å²) < 4.78 is 9.77. The highest BCUT2D eigenvalue weighted by atomic mass is 16.6. The molecule has 0 spiro atoms. The summed E-state index contributed by atoms with van der Waals surface area (Å²) in [5.74, 6) is -2.08. The fraction of sp³-hybridized carbons (Fsp3) is 0.154. The first kappa shape index (κ1) is 14.4. The first-order valence-corrected chi connectivity index (χ1v) is 5.30. The number of carbonyl (C=O) groups is 3. The van der Waals surface area contributed by atoms with Crippen molar-refractivity contribution < 1.29 is 29.0 Å². The van der Waals surface area contributed by atoms with Crippen molar-refractivity contribution >= 4 is 24.0 Å². The van der Waals surface area contributed by atoms with Crippen molar-refractivity contribution in [1.82, 2.24) is 0 Å². The molecular formula is C13H12O6. The van der Waals surface area contributed by atoms with Crippen molar-refractivity contribution in [2.24, 2.45) is 0 Å². The van der Waals surface area contributed by atoms with Gasteiger partial charge in [0.2, 0.25) is 0 Å². The largest absolute Gasteiger partial charge is 0.478 e. The topological polar surface area (TPSA) is 89.9 Å². The van der Waals surface area contributed by atoms with Crippen LogP contribution in [0.1, 0.15) is 19.4 Å². The van der Waals surface area contributed by atoms with Gasteiger partial charge in [0.1, 0.15) is 0 Å². The van der Waals surface area contributed by atoms with E-state index in [1.54, 1.807) is 0 Å². The fourth-order valence-corrected chi connectivity index (χ4v) is 1.27. The summed E-state index contributed by atoms with van der Waals surface area (Å²) in [6.07, 6.45) is 2.27. The number of carboxylic acid groups (broad SMARTS) is 1. The third kappa shape index (κ3) is 5.03. The van der Waals surface area contributed by atoms with E-state index in [0.29, 0.717) is 5.56 Å². The Bertz CT molecular complexity index is 544. The molecule has 0 aromatic heterocycles. The molecule has 0 atom stereocenters. The minimum atomic E-state index is -1.10. The quantitative estimate of drug-likeness (QED) is 0.505. The standard InChI is InChI=1S/C13H12O6/c1-8(14)18-11-5-3-10(4-6-13(16)17)7-12(11)19-9(2)15/h3-7H,1-2H3,(H,16,17)/b6-4+. The van der Waals surface area contributed by atoms with Crippen molar-refractivity contribution in [3.8, 4) is 11.5 Å². The van der Waals surface area contributed by atoms with Gasteiger partial charge < -0.3 is 14.6 Å². The Kier molecular flexibility index (Phi) is 4.82. The molecule has 0 bridgehead atoms. The molecule has 0 fully saturated rings. The van der Waals surface area contributed by atoms with Crippen LogP contribution in [0.5, 0.6) is 11.5 Å². The average molecular weight is 264 g/mol. The molecule has 0 saturated heterocycles. The molecule has 0 radical (unpaired) electrons. The van der Waals surface area contributed by atoms with Crippen LogP contribution in [0.3, 0.4) is 0 Å². The second-order valence-corrected chi connectivity index (χ2v) is 3.57. The van der Waals surface area contributed by atoms with E-state index in [9.17, 15) is 14.4 Å². The van der Waals surface area contributed by atoms with Gasteiger partial charge in [0.15, 0.2) is 11.5 Å². The van der Waals surface area contributed by atoms with Crippen LogP contribution in [0.2, 0.25) is 0 Å². The normalized spacial score (nSPS) is 10.2. The molecule has 6 nitrogen and oxygen atoms in total. The van der Waals surface area contributed by atoms with Gasteiger partial charge in [-0.1, -0.05) is 6.07 Å². The fourth-order valence-electron chi connectivity index (χ4n) is 1.27. The number of hydrogen-bond donors (Lipinski definition) is 1. The number of carboxylic acids is 1. The number of benzene rings is 1. The van der Waals surface area contributed by atoms with E-state index in [1.165, 1.54) is 38.1 Å². The second-order valence-electron chi connectivity index (χ2n) is 3.57. The van der Waals surface area contributed by atoms with Crippen LogP contribution in [0.4, 0.5) is 0 Å². The summed E-state index contributed by atoms with van der Waals surface area (Å²) in [7, 11) is 0. The molecule has 1 rings (SSSR count). The van der Waals surface area contributed by atoms with Gasteiger partial charge in [0, 0.05) is 19.9 Å². The maximum absolute atomic E-state index is 11.0. The molecule has 0 amide bonds. The van der Waals surface area contributed by atoms with Crippen LogP contribution < -0.4 is 9.47 Å². The molecule has 100 valence electrons. The first-order valence-electron chi connectivity index (χ1n) is 5.30. The van der Waals surface area contributed by atoms with Gasteiger partial charge in [-0.25, -0.2) is 4.79 Å². The lowest BCUT2D eigenvalue weighted by atomic mass is 10.2. The highest BCUT2D eigenvalue weighted by Gasteiger charge is 2.10. The number of hydrogen-bond acceptors (Lipinski definition) is 5. The van der Waals surface area contributed by atoms with Crippen molar-refractivity contribution in [1.29, 1.82) is 0 Å². The highest BCUT2D eigenvalue weighted by molar-refractivity contribution is 5.85. The lowest BCUT2D eigenvalue weighted by molar-refractivity contribution is -0.134. The molecule has 0 unspecified atom stereocenters. The van der Waals surface area contributed by atoms with Gasteiger partial charge in [0.25, 0.3) is 0 Å². The summed E-state index contributed by atoms with van der Waals surface area (Å²) in [6.45, 7) is 2.42. The Balaban J connectivity index is 3.10. The monoisotopic (exact) mass is 264 g/mol. The van der Waals surface area contributed by atoms with Gasteiger partial charge in [-0.15, -0.1) is 0 Å². The number of rotatable bonds is 4. The van der Waals surface area contributed by atoms with E-state index >= 15 is 0 Å². The molecule has 19 heavy (non-hydrogen) atoms. The molecule has 0 aliphatic heterocycles. The third-order valence-corrected chi connectivity index (χ3v) is 1.89. The molecule has 1 N–H and O–H groups in total. The van der Waals surface area contributed by atoms with Gasteiger partial charge in [0.05, 0.1) is 0 Å². The molecule has 6 heteroatoms. The molecule has 0 saturated carbocycles. The minimum Gasteiger partial charge on any atom is -0.478 e. The number of carbonyl (C=O) groups excluding carboxylic acids is 2. The molecular weight excluding hydrogens is 252 g/mol. The number of aliphatic carboxylic acids is 1. The van der Waals surface area contributed by atoms with E-state index in [2.05, 4.69) is 0 Å². The third-order valence-electron chi connectivity index (χ3n) is 1.89. The van der Waals surface area contributed by atoms with Crippen molar-refractivity contribution in [2.45, 2.75) is 13.8 Å². The Morgan fingerprint density at radius 1 is 1.05 bits per heavy atom. The van der Waals surface area contributed by atoms with E-state index < -0.39 is 17.9 Å². The van der Waals surface area contributed by atoms with Crippen molar-refractivity contribution in [3.05, 3.63) is 29.8 Å². The Morgan fingerprint density at radius 2 is 1.63 bits per heavy atom. The van der Waals surface area contributed by atoms with E-state index in [1.807, 2.05) is 0 Å². The van der Waals surface area contributed by atoms with Crippen LogP contribution in [-0.2, 0) is 14.4 Å². The highest BCUT2D eigenvalue weighted by Crippen LogP contribution is 2.29. The minimum absolute atomic E-state index is 0.0511. The Labute approximate surface area is 109 Å². The molecule has 1 aromatic rings. The average Bonchev–Trinajstić information content (AvgIpc) is 2.28. The predicted molar refractivity (Wildman–Crippen MR) is 65.7 cm³/mol. The van der Waals surface area contributed by atoms with E-state index in [4.69, 9.17) is 14.6 Å². The summed E-state index contributed by atoms with van der Waals surface area (Å²) >= 11 is 0. The van der Waals surface area contributed by atoms with E-state index in [-0.39, 0.29) is 11.5 Å². The van der Waals surface area contributed by atoms with Gasteiger partial charge >= 0.3 is 17.9 Å². The van der Waals surface area contributed by atoms with Gasteiger partial charge in [-0.2, -0.15) is 0 Å². The van der Waals surface area contributed by atoms with E-state index in [0.717, 1.165) is 6.08 Å². The summed E-state index contributed by atoms with van der Waals surface area (Å²) in [4.78, 5) is 32.3. The summed E-state index contributed by atoms with van der Waals surface area (Å²) in [5.41, 5.74) is 0.495. The van der Waals surface area contributed by atoms with Crippen LogP contribution in [0.25, 0.3) is 6.08 Å². The Morgan fingerprint density at radius 3 is 2.16 bits per heavy atom. The van der Waals surface area contributed by atoms with Crippen LogP contribution in [0.15, 0.2) is 24.3 Å². The maximum Gasteiger partial charge on any atom is 0.328 e. The lowest BCUT2D eigenvalue weighted by Gasteiger charge is -2.09.